The Labute approximate surface area is 135 Å². The van der Waals surface area contributed by atoms with Gasteiger partial charge in [0.1, 0.15) is 0 Å². The van der Waals surface area contributed by atoms with Crippen LogP contribution in [0.5, 0.6) is 0 Å². The Bertz CT molecular complexity index is 288. The predicted molar refractivity (Wildman–Crippen MR) is 88.0 cm³/mol. The minimum atomic E-state index is 0. The maximum Gasteiger partial charge on any atom is 0.236 e. The number of hydrogen-bond acceptors (Lipinski definition) is 3. The highest BCUT2D eigenvalue weighted by Gasteiger charge is 2.25. The quantitative estimate of drug-likeness (QED) is 0.775. The number of rotatable bonds is 7. The van der Waals surface area contributed by atoms with Gasteiger partial charge in [0, 0.05) is 19.6 Å². The number of carbonyl (C=O) groups excluding carboxylic acids is 1. The average Bonchev–Trinajstić information content (AvgIpc) is 3.07. The molecule has 1 saturated carbocycles. The summed E-state index contributed by atoms with van der Waals surface area (Å²) in [6.45, 7) is 6.92. The molecular formula is C14H29Cl2N3O. The highest BCUT2D eigenvalue weighted by atomic mass is 35.5. The molecule has 6 heteroatoms. The molecule has 4 nitrogen and oxygen atoms in total. The molecular weight excluding hydrogens is 297 g/mol. The summed E-state index contributed by atoms with van der Waals surface area (Å²) in [7, 11) is 1.94. The predicted octanol–water partition coefficient (Wildman–Crippen LogP) is 1.77. The van der Waals surface area contributed by atoms with E-state index in [1.807, 2.05) is 11.9 Å². The van der Waals surface area contributed by atoms with E-state index in [9.17, 15) is 4.79 Å². The first-order valence-corrected chi connectivity index (χ1v) is 7.39. The van der Waals surface area contributed by atoms with Gasteiger partial charge in [-0.15, -0.1) is 24.8 Å². The van der Waals surface area contributed by atoms with Gasteiger partial charge in [-0.1, -0.05) is 6.92 Å². The van der Waals surface area contributed by atoms with Gasteiger partial charge in [-0.25, -0.2) is 0 Å². The minimum Gasteiger partial charge on any atom is -0.343 e. The highest BCUT2D eigenvalue weighted by molar-refractivity contribution is 5.85. The van der Waals surface area contributed by atoms with Crippen LogP contribution in [0.4, 0.5) is 0 Å². The third-order valence-corrected chi connectivity index (χ3v) is 4.22. The molecule has 0 radical (unpaired) electrons. The second kappa shape index (κ2) is 9.82. The van der Waals surface area contributed by atoms with Gasteiger partial charge in [0.25, 0.3) is 0 Å². The van der Waals surface area contributed by atoms with Crippen LogP contribution in [-0.2, 0) is 4.79 Å². The molecule has 1 amide bonds. The molecule has 1 aliphatic heterocycles. The summed E-state index contributed by atoms with van der Waals surface area (Å²) in [6.07, 6.45) is 5.19. The van der Waals surface area contributed by atoms with Crippen LogP contribution in [0, 0.1) is 5.92 Å². The molecule has 120 valence electrons. The Morgan fingerprint density at radius 2 is 2.00 bits per heavy atom. The Kier molecular flexibility index (Phi) is 9.81. The molecule has 20 heavy (non-hydrogen) atoms. The zero-order valence-corrected chi connectivity index (χ0v) is 14.3. The van der Waals surface area contributed by atoms with Crippen molar-refractivity contribution in [3.05, 3.63) is 0 Å². The van der Waals surface area contributed by atoms with Gasteiger partial charge in [0.05, 0.1) is 6.54 Å². The molecule has 2 aliphatic rings. The van der Waals surface area contributed by atoms with Crippen molar-refractivity contribution in [3.63, 3.8) is 0 Å². The molecule has 1 N–H and O–H groups in total. The molecule has 0 aromatic heterocycles. The van der Waals surface area contributed by atoms with Gasteiger partial charge >= 0.3 is 0 Å². The number of likely N-dealkylation sites (N-methyl/N-ethyl adjacent to an activating group) is 2. The van der Waals surface area contributed by atoms with Crippen LogP contribution in [-0.4, -0.2) is 61.5 Å². The Morgan fingerprint density at radius 3 is 2.60 bits per heavy atom. The van der Waals surface area contributed by atoms with Crippen LogP contribution >= 0.6 is 24.8 Å². The summed E-state index contributed by atoms with van der Waals surface area (Å²) in [5.41, 5.74) is 0. The number of nitrogens with one attached hydrogen (secondary N) is 1. The van der Waals surface area contributed by atoms with Crippen LogP contribution in [0.1, 0.15) is 32.6 Å². The lowest BCUT2D eigenvalue weighted by atomic mass is 10.2. The SMILES string of the molecule is CCN1CCCC1CN(C)C(=O)CNCC1CC1.Cl.Cl. The first-order valence-electron chi connectivity index (χ1n) is 7.39. The highest BCUT2D eigenvalue weighted by Crippen LogP contribution is 2.27. The zero-order chi connectivity index (χ0) is 13.0. The Hall–Kier alpha value is -0.0300. The van der Waals surface area contributed by atoms with E-state index in [0.29, 0.717) is 12.6 Å². The van der Waals surface area contributed by atoms with E-state index < -0.39 is 0 Å². The van der Waals surface area contributed by atoms with Gasteiger partial charge in [0.2, 0.25) is 5.91 Å². The van der Waals surface area contributed by atoms with Crippen molar-refractivity contribution in [2.75, 3.05) is 39.8 Å². The lowest BCUT2D eigenvalue weighted by Gasteiger charge is -2.27. The molecule has 1 saturated heterocycles. The van der Waals surface area contributed by atoms with Gasteiger partial charge < -0.3 is 10.2 Å². The van der Waals surface area contributed by atoms with E-state index in [4.69, 9.17) is 0 Å². The number of amides is 1. The van der Waals surface area contributed by atoms with E-state index in [1.54, 1.807) is 0 Å². The van der Waals surface area contributed by atoms with Gasteiger partial charge in [-0.3, -0.25) is 9.69 Å². The maximum absolute atomic E-state index is 12.0. The normalized spacial score (nSPS) is 22.0. The third kappa shape index (κ3) is 6.17. The number of nitrogens with zero attached hydrogens (tertiary/aromatic N) is 2. The average molecular weight is 326 g/mol. The lowest BCUT2D eigenvalue weighted by molar-refractivity contribution is -0.129. The number of likely N-dealkylation sites (tertiary alicyclic amines) is 1. The monoisotopic (exact) mass is 325 g/mol. The molecule has 1 atom stereocenters. The van der Waals surface area contributed by atoms with Crippen molar-refractivity contribution in [1.29, 1.82) is 0 Å². The zero-order valence-electron chi connectivity index (χ0n) is 12.6. The summed E-state index contributed by atoms with van der Waals surface area (Å²) in [6, 6.07) is 0.576. The molecule has 0 aromatic carbocycles. The molecule has 1 unspecified atom stereocenters. The summed E-state index contributed by atoms with van der Waals surface area (Å²) >= 11 is 0. The van der Waals surface area contributed by atoms with E-state index >= 15 is 0 Å². The minimum absolute atomic E-state index is 0. The van der Waals surface area contributed by atoms with Gasteiger partial charge in [-0.2, -0.15) is 0 Å². The maximum atomic E-state index is 12.0. The second-order valence-electron chi connectivity index (χ2n) is 5.77. The second-order valence-corrected chi connectivity index (χ2v) is 5.77. The number of carbonyl (C=O) groups is 1. The molecule has 0 spiro atoms. The summed E-state index contributed by atoms with van der Waals surface area (Å²) in [5, 5.41) is 3.27. The fourth-order valence-electron chi connectivity index (χ4n) is 2.78. The number of hydrogen-bond donors (Lipinski definition) is 1. The molecule has 2 rings (SSSR count). The van der Waals surface area contributed by atoms with E-state index in [1.165, 1.54) is 32.2 Å². The van der Waals surface area contributed by atoms with Crippen molar-refractivity contribution in [2.45, 2.75) is 38.6 Å². The van der Waals surface area contributed by atoms with Crippen LogP contribution in [0.2, 0.25) is 0 Å². The first-order chi connectivity index (χ1) is 8.70. The van der Waals surface area contributed by atoms with Crippen molar-refractivity contribution in [2.24, 2.45) is 5.92 Å². The molecule has 1 aliphatic carbocycles. The largest absolute Gasteiger partial charge is 0.343 e. The van der Waals surface area contributed by atoms with Crippen LogP contribution in [0.3, 0.4) is 0 Å². The van der Waals surface area contributed by atoms with Gasteiger partial charge in [0.15, 0.2) is 0 Å². The van der Waals surface area contributed by atoms with Crippen molar-refractivity contribution in [3.8, 4) is 0 Å². The molecule has 0 bridgehead atoms. The van der Waals surface area contributed by atoms with Crippen LogP contribution in [0.15, 0.2) is 0 Å². The summed E-state index contributed by atoms with van der Waals surface area (Å²) in [4.78, 5) is 16.4. The van der Waals surface area contributed by atoms with Crippen LogP contribution in [0.25, 0.3) is 0 Å². The van der Waals surface area contributed by atoms with Crippen molar-refractivity contribution < 1.29 is 4.79 Å². The van der Waals surface area contributed by atoms with E-state index in [0.717, 1.165) is 25.6 Å². The Balaban J connectivity index is 0.00000180. The van der Waals surface area contributed by atoms with Crippen LogP contribution < -0.4 is 5.32 Å². The molecule has 1 heterocycles. The van der Waals surface area contributed by atoms with Crippen molar-refractivity contribution >= 4 is 30.7 Å². The fraction of sp³-hybridized carbons (Fsp3) is 0.929. The molecule has 0 aromatic rings. The number of halogens is 2. The standard InChI is InChI=1S/C14H27N3O.2ClH/c1-3-17-8-4-5-13(17)11-16(2)14(18)10-15-9-12-6-7-12;;/h12-13,15H,3-11H2,1-2H3;2*1H. The molecule has 2 fully saturated rings. The summed E-state index contributed by atoms with van der Waals surface area (Å²) < 4.78 is 0. The topological polar surface area (TPSA) is 35.6 Å². The smallest absolute Gasteiger partial charge is 0.236 e. The third-order valence-electron chi connectivity index (χ3n) is 4.22. The lowest BCUT2D eigenvalue weighted by Crippen LogP contribution is -2.44. The first kappa shape index (κ1) is 20.0. The van der Waals surface area contributed by atoms with Crippen molar-refractivity contribution in [1.82, 2.24) is 15.1 Å². The van der Waals surface area contributed by atoms with E-state index in [2.05, 4.69) is 17.1 Å². The van der Waals surface area contributed by atoms with E-state index in [-0.39, 0.29) is 30.7 Å². The Morgan fingerprint density at radius 1 is 1.30 bits per heavy atom. The fourth-order valence-corrected chi connectivity index (χ4v) is 2.78. The summed E-state index contributed by atoms with van der Waals surface area (Å²) in [5.74, 6) is 1.08. The van der Waals surface area contributed by atoms with Gasteiger partial charge in [-0.05, 0) is 51.2 Å².